The molecule has 0 radical (unpaired) electrons. The van der Waals surface area contributed by atoms with Gasteiger partial charge in [0.25, 0.3) is 0 Å². The first-order valence-corrected chi connectivity index (χ1v) is 10.7. The fourth-order valence-corrected chi connectivity index (χ4v) is 4.18. The lowest BCUT2D eigenvalue weighted by Gasteiger charge is -2.25. The standard InChI is InChI=1S/C27H29N3/c1-5-18-27(3,4)26-29-28-25(22-14-10-7-11-15-22)30(26)24-17-16-23(19-20(24)2)21-12-8-6-9-13-21/h6-17,19H,5,18H2,1-4H3. The van der Waals surface area contributed by atoms with Crippen molar-refractivity contribution in [3.8, 4) is 28.2 Å². The Morgan fingerprint density at radius 2 is 1.40 bits per heavy atom. The van der Waals surface area contributed by atoms with Gasteiger partial charge >= 0.3 is 0 Å². The molecule has 0 bridgehead atoms. The SMILES string of the molecule is CCCC(C)(C)c1nnc(-c2ccccc2)n1-c1ccc(-c2ccccc2)cc1C. The van der Waals surface area contributed by atoms with E-state index in [2.05, 4.69) is 110 Å². The topological polar surface area (TPSA) is 30.7 Å². The molecule has 0 aliphatic heterocycles. The number of hydrogen-bond acceptors (Lipinski definition) is 2. The van der Waals surface area contributed by atoms with Crippen LogP contribution in [-0.4, -0.2) is 14.8 Å². The number of rotatable bonds is 6. The summed E-state index contributed by atoms with van der Waals surface area (Å²) in [5, 5.41) is 9.34. The molecule has 30 heavy (non-hydrogen) atoms. The van der Waals surface area contributed by atoms with Gasteiger partial charge in [-0.15, -0.1) is 10.2 Å². The van der Waals surface area contributed by atoms with Crippen LogP contribution in [0.4, 0.5) is 0 Å². The lowest BCUT2D eigenvalue weighted by atomic mass is 9.87. The Morgan fingerprint density at radius 3 is 2.00 bits per heavy atom. The minimum Gasteiger partial charge on any atom is -0.278 e. The molecule has 1 heterocycles. The van der Waals surface area contributed by atoms with Crippen molar-refractivity contribution in [2.45, 2.75) is 46.0 Å². The molecule has 3 nitrogen and oxygen atoms in total. The molecule has 0 unspecified atom stereocenters. The van der Waals surface area contributed by atoms with Crippen molar-refractivity contribution >= 4 is 0 Å². The molecule has 4 rings (SSSR count). The van der Waals surface area contributed by atoms with Crippen molar-refractivity contribution in [1.29, 1.82) is 0 Å². The highest BCUT2D eigenvalue weighted by molar-refractivity contribution is 5.68. The van der Waals surface area contributed by atoms with E-state index in [9.17, 15) is 0 Å². The van der Waals surface area contributed by atoms with Gasteiger partial charge in [-0.05, 0) is 42.2 Å². The number of hydrogen-bond donors (Lipinski definition) is 0. The summed E-state index contributed by atoms with van der Waals surface area (Å²) >= 11 is 0. The van der Waals surface area contributed by atoms with Crippen LogP contribution in [0.25, 0.3) is 28.2 Å². The van der Waals surface area contributed by atoms with Crippen LogP contribution in [0, 0.1) is 6.92 Å². The van der Waals surface area contributed by atoms with Crippen molar-refractivity contribution in [1.82, 2.24) is 14.8 Å². The molecular formula is C27H29N3. The zero-order valence-corrected chi connectivity index (χ0v) is 18.3. The number of aryl methyl sites for hydroxylation is 1. The van der Waals surface area contributed by atoms with Gasteiger partial charge in [0.1, 0.15) is 5.82 Å². The molecule has 0 atom stereocenters. The molecule has 0 aliphatic rings. The van der Waals surface area contributed by atoms with Gasteiger partial charge in [0, 0.05) is 11.0 Å². The number of nitrogens with zero attached hydrogens (tertiary/aromatic N) is 3. The Hall–Kier alpha value is -3.20. The van der Waals surface area contributed by atoms with Gasteiger partial charge in [-0.1, -0.05) is 93.9 Å². The van der Waals surface area contributed by atoms with Gasteiger partial charge in [-0.2, -0.15) is 0 Å². The predicted octanol–water partition coefficient (Wildman–Crippen LogP) is 6.99. The van der Waals surface area contributed by atoms with E-state index in [1.165, 1.54) is 16.7 Å². The highest BCUT2D eigenvalue weighted by Crippen LogP contribution is 2.34. The third-order valence-electron chi connectivity index (χ3n) is 5.72. The van der Waals surface area contributed by atoms with E-state index in [1.54, 1.807) is 0 Å². The predicted molar refractivity (Wildman–Crippen MR) is 125 cm³/mol. The van der Waals surface area contributed by atoms with Crippen LogP contribution in [0.1, 0.15) is 45.0 Å². The monoisotopic (exact) mass is 395 g/mol. The van der Waals surface area contributed by atoms with Gasteiger partial charge in [-0.3, -0.25) is 4.57 Å². The normalized spacial score (nSPS) is 11.6. The van der Waals surface area contributed by atoms with Gasteiger partial charge < -0.3 is 0 Å². The van der Waals surface area contributed by atoms with Crippen LogP contribution in [0.2, 0.25) is 0 Å². The smallest absolute Gasteiger partial charge is 0.168 e. The van der Waals surface area contributed by atoms with E-state index in [0.717, 1.165) is 35.7 Å². The molecule has 0 saturated heterocycles. The molecule has 0 spiro atoms. The van der Waals surface area contributed by atoms with Crippen molar-refractivity contribution in [2.24, 2.45) is 0 Å². The van der Waals surface area contributed by atoms with Crippen LogP contribution in [0.15, 0.2) is 78.9 Å². The Bertz CT molecular complexity index is 1130. The lowest BCUT2D eigenvalue weighted by molar-refractivity contribution is 0.437. The van der Waals surface area contributed by atoms with Crippen LogP contribution < -0.4 is 0 Å². The fraction of sp³-hybridized carbons (Fsp3) is 0.259. The molecule has 0 N–H and O–H groups in total. The van der Waals surface area contributed by atoms with Crippen LogP contribution in [-0.2, 0) is 5.41 Å². The summed E-state index contributed by atoms with van der Waals surface area (Å²) in [4.78, 5) is 0. The summed E-state index contributed by atoms with van der Waals surface area (Å²) in [6, 6.07) is 27.5. The van der Waals surface area contributed by atoms with Crippen LogP contribution in [0.5, 0.6) is 0 Å². The van der Waals surface area contributed by atoms with Crippen molar-refractivity contribution in [3.63, 3.8) is 0 Å². The third-order valence-corrected chi connectivity index (χ3v) is 5.72. The quantitative estimate of drug-likeness (QED) is 0.352. The summed E-state index contributed by atoms with van der Waals surface area (Å²) in [5.41, 5.74) is 5.81. The first kappa shape index (κ1) is 20.1. The van der Waals surface area contributed by atoms with E-state index in [0.29, 0.717) is 0 Å². The summed E-state index contributed by atoms with van der Waals surface area (Å²) in [7, 11) is 0. The molecule has 0 aliphatic carbocycles. The van der Waals surface area contributed by atoms with E-state index in [-0.39, 0.29) is 5.41 Å². The minimum absolute atomic E-state index is 0.0701. The van der Waals surface area contributed by atoms with Crippen LogP contribution in [0.3, 0.4) is 0 Å². The van der Waals surface area contributed by atoms with E-state index in [1.807, 2.05) is 6.07 Å². The third kappa shape index (κ3) is 3.80. The van der Waals surface area contributed by atoms with Gasteiger partial charge in [0.15, 0.2) is 5.82 Å². The van der Waals surface area contributed by atoms with E-state index in [4.69, 9.17) is 5.10 Å². The highest BCUT2D eigenvalue weighted by Gasteiger charge is 2.29. The average Bonchev–Trinajstić information content (AvgIpc) is 3.21. The van der Waals surface area contributed by atoms with E-state index >= 15 is 0 Å². The molecule has 0 saturated carbocycles. The molecular weight excluding hydrogens is 366 g/mol. The maximum Gasteiger partial charge on any atom is 0.168 e. The zero-order chi connectivity index (χ0) is 21.1. The van der Waals surface area contributed by atoms with E-state index < -0.39 is 0 Å². The lowest BCUT2D eigenvalue weighted by Crippen LogP contribution is -2.23. The van der Waals surface area contributed by atoms with Crippen LogP contribution >= 0.6 is 0 Å². The summed E-state index contributed by atoms with van der Waals surface area (Å²) < 4.78 is 2.26. The second-order valence-electron chi connectivity index (χ2n) is 8.55. The molecule has 152 valence electrons. The first-order chi connectivity index (χ1) is 14.5. The second-order valence-corrected chi connectivity index (χ2v) is 8.55. The summed E-state index contributed by atoms with van der Waals surface area (Å²) in [6.45, 7) is 8.92. The molecule has 1 aromatic heterocycles. The zero-order valence-electron chi connectivity index (χ0n) is 18.3. The number of benzene rings is 3. The van der Waals surface area contributed by atoms with Crippen molar-refractivity contribution < 1.29 is 0 Å². The average molecular weight is 396 g/mol. The fourth-order valence-electron chi connectivity index (χ4n) is 4.18. The Labute approximate surface area is 179 Å². The maximum atomic E-state index is 4.69. The first-order valence-electron chi connectivity index (χ1n) is 10.7. The molecule has 3 aromatic carbocycles. The Kier molecular flexibility index (Phi) is 5.54. The van der Waals surface area contributed by atoms with Gasteiger partial charge in [-0.25, -0.2) is 0 Å². The molecule has 0 fully saturated rings. The highest BCUT2D eigenvalue weighted by atomic mass is 15.3. The Morgan fingerprint density at radius 1 is 0.767 bits per heavy atom. The van der Waals surface area contributed by atoms with Crippen molar-refractivity contribution in [2.75, 3.05) is 0 Å². The minimum atomic E-state index is -0.0701. The van der Waals surface area contributed by atoms with Gasteiger partial charge in [0.05, 0.1) is 5.69 Å². The summed E-state index contributed by atoms with van der Waals surface area (Å²) in [6.07, 6.45) is 2.16. The summed E-state index contributed by atoms with van der Waals surface area (Å²) in [5.74, 6) is 1.91. The Balaban J connectivity index is 1.90. The van der Waals surface area contributed by atoms with Crippen molar-refractivity contribution in [3.05, 3.63) is 90.3 Å². The molecule has 0 amide bonds. The molecule has 4 aromatic rings. The largest absolute Gasteiger partial charge is 0.278 e. The maximum absolute atomic E-state index is 4.69. The number of aromatic nitrogens is 3. The van der Waals surface area contributed by atoms with Gasteiger partial charge in [0.2, 0.25) is 0 Å². The second kappa shape index (κ2) is 8.27. The molecule has 3 heteroatoms.